The molecule has 0 aromatic carbocycles. The van der Waals surface area contributed by atoms with Crippen LogP contribution in [0.1, 0.15) is 11.5 Å². The fraction of sp³-hybridized carbons (Fsp3) is 0.333. The molecule has 0 spiro atoms. The van der Waals surface area contributed by atoms with Gasteiger partial charge in [0.25, 0.3) is 5.56 Å². The Morgan fingerprint density at radius 3 is 2.61 bits per heavy atom. The van der Waals surface area contributed by atoms with Gasteiger partial charge in [-0.2, -0.15) is 0 Å². The zero-order valence-corrected chi connectivity index (χ0v) is 11.3. The fourth-order valence-corrected chi connectivity index (χ4v) is 2.58. The standard InChI is InChI=1S/C12H14N2O3S/c1-8-10(4-5-17-8)18-7-9-6-11(15)14(3)12(16)13(9)2/h4-6H,7H2,1-3H3. The van der Waals surface area contributed by atoms with Gasteiger partial charge in [-0.1, -0.05) is 0 Å². The van der Waals surface area contributed by atoms with Gasteiger partial charge in [0.1, 0.15) is 5.76 Å². The maximum absolute atomic E-state index is 11.7. The predicted molar refractivity (Wildman–Crippen MR) is 69.9 cm³/mol. The number of nitrogens with zero attached hydrogens (tertiary/aromatic N) is 2. The third-order valence-electron chi connectivity index (χ3n) is 2.81. The molecule has 18 heavy (non-hydrogen) atoms. The fourth-order valence-electron chi connectivity index (χ4n) is 1.59. The van der Waals surface area contributed by atoms with Crippen LogP contribution in [0.3, 0.4) is 0 Å². The molecule has 6 heteroatoms. The molecular weight excluding hydrogens is 252 g/mol. The van der Waals surface area contributed by atoms with Gasteiger partial charge in [0.05, 0.1) is 6.26 Å². The Bertz CT molecular complexity index is 681. The van der Waals surface area contributed by atoms with Crippen LogP contribution in [0.5, 0.6) is 0 Å². The first-order valence-electron chi connectivity index (χ1n) is 5.43. The van der Waals surface area contributed by atoms with Gasteiger partial charge in [-0.3, -0.25) is 13.9 Å². The molecule has 0 atom stereocenters. The Morgan fingerprint density at radius 2 is 2.00 bits per heavy atom. The minimum absolute atomic E-state index is 0.280. The monoisotopic (exact) mass is 266 g/mol. The second-order valence-corrected chi connectivity index (χ2v) is 5.02. The summed E-state index contributed by atoms with van der Waals surface area (Å²) in [6.45, 7) is 1.88. The summed E-state index contributed by atoms with van der Waals surface area (Å²) in [7, 11) is 3.14. The predicted octanol–water partition coefficient (Wildman–Crippen LogP) is 1.28. The Kier molecular flexibility index (Phi) is 3.47. The molecule has 0 saturated heterocycles. The van der Waals surface area contributed by atoms with Crippen LogP contribution in [0, 0.1) is 6.92 Å². The summed E-state index contributed by atoms with van der Waals surface area (Å²) in [6, 6.07) is 3.36. The van der Waals surface area contributed by atoms with E-state index in [4.69, 9.17) is 4.42 Å². The lowest BCUT2D eigenvalue weighted by Gasteiger charge is -2.08. The van der Waals surface area contributed by atoms with Gasteiger partial charge in [-0.05, 0) is 13.0 Å². The summed E-state index contributed by atoms with van der Waals surface area (Å²) in [6.07, 6.45) is 1.63. The van der Waals surface area contributed by atoms with Crippen molar-refractivity contribution in [1.82, 2.24) is 9.13 Å². The largest absolute Gasteiger partial charge is 0.468 e. The van der Waals surface area contributed by atoms with Crippen LogP contribution in [-0.2, 0) is 19.8 Å². The molecule has 2 heterocycles. The minimum Gasteiger partial charge on any atom is -0.468 e. The van der Waals surface area contributed by atoms with Crippen molar-refractivity contribution in [3.8, 4) is 0 Å². The van der Waals surface area contributed by atoms with E-state index in [1.54, 1.807) is 25.1 Å². The number of rotatable bonds is 3. The van der Waals surface area contributed by atoms with E-state index in [-0.39, 0.29) is 11.2 Å². The van der Waals surface area contributed by atoms with Crippen LogP contribution in [-0.4, -0.2) is 9.13 Å². The first kappa shape index (κ1) is 12.8. The average Bonchev–Trinajstić information content (AvgIpc) is 2.75. The van der Waals surface area contributed by atoms with E-state index >= 15 is 0 Å². The lowest BCUT2D eigenvalue weighted by molar-refractivity contribution is 0.527. The molecule has 5 nitrogen and oxygen atoms in total. The zero-order valence-electron chi connectivity index (χ0n) is 10.5. The first-order valence-corrected chi connectivity index (χ1v) is 6.42. The molecule has 0 aliphatic carbocycles. The van der Waals surface area contributed by atoms with E-state index in [2.05, 4.69) is 0 Å². The van der Waals surface area contributed by atoms with Crippen molar-refractivity contribution in [1.29, 1.82) is 0 Å². The highest BCUT2D eigenvalue weighted by atomic mass is 32.2. The summed E-state index contributed by atoms with van der Waals surface area (Å²) in [5.41, 5.74) is 0.119. The molecule has 0 amide bonds. The zero-order chi connectivity index (χ0) is 13.3. The lowest BCUT2D eigenvalue weighted by atomic mass is 10.4. The van der Waals surface area contributed by atoms with E-state index in [0.717, 1.165) is 15.2 Å². The number of aryl methyl sites for hydroxylation is 1. The molecule has 0 saturated carbocycles. The molecular formula is C12H14N2O3S. The number of hydrogen-bond acceptors (Lipinski definition) is 4. The molecule has 96 valence electrons. The third-order valence-corrected chi connectivity index (χ3v) is 3.99. The van der Waals surface area contributed by atoms with Crippen molar-refractivity contribution in [2.45, 2.75) is 17.6 Å². The average molecular weight is 266 g/mol. The van der Waals surface area contributed by atoms with E-state index in [1.807, 2.05) is 13.0 Å². The van der Waals surface area contributed by atoms with Crippen molar-refractivity contribution in [3.05, 3.63) is 50.7 Å². The van der Waals surface area contributed by atoms with Crippen LogP contribution in [0.4, 0.5) is 0 Å². The summed E-state index contributed by atoms with van der Waals surface area (Å²) in [5.74, 6) is 1.40. The summed E-state index contributed by atoms with van der Waals surface area (Å²) in [5, 5.41) is 0. The van der Waals surface area contributed by atoms with E-state index in [0.29, 0.717) is 11.4 Å². The van der Waals surface area contributed by atoms with Crippen LogP contribution >= 0.6 is 11.8 Å². The van der Waals surface area contributed by atoms with Crippen molar-refractivity contribution < 1.29 is 4.42 Å². The second-order valence-electron chi connectivity index (χ2n) is 4.00. The maximum atomic E-state index is 11.7. The molecule has 2 aromatic heterocycles. The molecule has 0 aliphatic rings. The van der Waals surface area contributed by atoms with E-state index in [9.17, 15) is 9.59 Å². The minimum atomic E-state index is -0.304. The smallest absolute Gasteiger partial charge is 0.330 e. The van der Waals surface area contributed by atoms with E-state index in [1.165, 1.54) is 17.7 Å². The Balaban J connectivity index is 2.28. The topological polar surface area (TPSA) is 57.1 Å². The van der Waals surface area contributed by atoms with Crippen molar-refractivity contribution in [2.75, 3.05) is 0 Å². The highest BCUT2D eigenvalue weighted by Crippen LogP contribution is 2.25. The van der Waals surface area contributed by atoms with Gasteiger partial charge in [0.2, 0.25) is 0 Å². The van der Waals surface area contributed by atoms with Crippen molar-refractivity contribution >= 4 is 11.8 Å². The molecule has 0 fully saturated rings. The number of furan rings is 1. The van der Waals surface area contributed by atoms with Gasteiger partial charge >= 0.3 is 5.69 Å². The summed E-state index contributed by atoms with van der Waals surface area (Å²) >= 11 is 1.54. The highest BCUT2D eigenvalue weighted by Gasteiger charge is 2.08. The summed E-state index contributed by atoms with van der Waals surface area (Å²) in [4.78, 5) is 24.3. The lowest BCUT2D eigenvalue weighted by Crippen LogP contribution is -2.37. The normalized spacial score (nSPS) is 10.8. The number of hydrogen-bond donors (Lipinski definition) is 0. The Labute approximate surface area is 108 Å². The van der Waals surface area contributed by atoms with Gasteiger partial charge in [0, 0.05) is 36.5 Å². The Hall–Kier alpha value is -1.69. The van der Waals surface area contributed by atoms with Crippen LogP contribution in [0.2, 0.25) is 0 Å². The Morgan fingerprint density at radius 1 is 1.28 bits per heavy atom. The molecule has 0 radical (unpaired) electrons. The number of aromatic nitrogens is 2. The van der Waals surface area contributed by atoms with Crippen LogP contribution < -0.4 is 11.2 Å². The quantitative estimate of drug-likeness (QED) is 0.785. The molecule has 0 N–H and O–H groups in total. The molecule has 0 bridgehead atoms. The maximum Gasteiger partial charge on any atom is 0.330 e. The second kappa shape index (κ2) is 4.89. The molecule has 0 aliphatic heterocycles. The van der Waals surface area contributed by atoms with Crippen LogP contribution in [0.25, 0.3) is 0 Å². The van der Waals surface area contributed by atoms with Crippen molar-refractivity contribution in [2.24, 2.45) is 14.1 Å². The first-order chi connectivity index (χ1) is 8.50. The highest BCUT2D eigenvalue weighted by molar-refractivity contribution is 7.98. The number of thioether (sulfide) groups is 1. The molecule has 2 rings (SSSR count). The SMILES string of the molecule is Cc1occc1SCc1cc(=O)n(C)c(=O)n1C. The van der Waals surface area contributed by atoms with Crippen LogP contribution in [0.15, 0.2) is 37.3 Å². The van der Waals surface area contributed by atoms with Gasteiger partial charge in [-0.15, -0.1) is 11.8 Å². The summed E-state index contributed by atoms with van der Waals surface area (Å²) < 4.78 is 7.78. The molecule has 0 unspecified atom stereocenters. The third kappa shape index (κ3) is 2.28. The van der Waals surface area contributed by atoms with Gasteiger partial charge in [0.15, 0.2) is 0 Å². The van der Waals surface area contributed by atoms with Gasteiger partial charge < -0.3 is 4.42 Å². The van der Waals surface area contributed by atoms with E-state index < -0.39 is 0 Å². The van der Waals surface area contributed by atoms with Gasteiger partial charge in [-0.25, -0.2) is 4.79 Å². The van der Waals surface area contributed by atoms with Crippen molar-refractivity contribution in [3.63, 3.8) is 0 Å². The molecule has 2 aromatic rings.